The summed E-state index contributed by atoms with van der Waals surface area (Å²) in [5.74, 6) is -1.36. The minimum atomic E-state index is -0.986. The van der Waals surface area contributed by atoms with E-state index in [1.54, 1.807) is 0 Å². The Morgan fingerprint density at radius 2 is 2.00 bits per heavy atom. The number of carboxylic acid groups (broad SMARTS) is 1. The number of carbonyl (C=O) groups is 2. The maximum Gasteiger partial charge on any atom is 0.326 e. The van der Waals surface area contributed by atoms with Crippen molar-refractivity contribution in [1.29, 1.82) is 0 Å². The molecule has 3 N–H and O–H groups in total. The molecule has 23 heavy (non-hydrogen) atoms. The second kappa shape index (κ2) is 7.31. The van der Waals surface area contributed by atoms with E-state index in [1.165, 1.54) is 5.56 Å². The molecule has 2 rings (SSSR count). The average Bonchev–Trinajstić information content (AvgIpc) is 2.94. The highest BCUT2D eigenvalue weighted by atomic mass is 16.4. The molecular formula is C18H24N2O3. The number of amides is 1. The van der Waals surface area contributed by atoms with Crippen molar-refractivity contribution < 1.29 is 14.7 Å². The monoisotopic (exact) mass is 316 g/mol. The highest BCUT2D eigenvalue weighted by Gasteiger charge is 2.25. The van der Waals surface area contributed by atoms with Gasteiger partial charge in [-0.05, 0) is 23.5 Å². The van der Waals surface area contributed by atoms with E-state index in [9.17, 15) is 14.7 Å². The Labute approximate surface area is 136 Å². The molecule has 0 aliphatic rings. The van der Waals surface area contributed by atoms with Gasteiger partial charge in [0.05, 0.1) is 6.42 Å². The van der Waals surface area contributed by atoms with Crippen molar-refractivity contribution in [3.63, 3.8) is 0 Å². The van der Waals surface area contributed by atoms with Gasteiger partial charge in [-0.3, -0.25) is 4.79 Å². The lowest BCUT2D eigenvalue weighted by atomic mass is 9.99. The second-order valence-electron chi connectivity index (χ2n) is 5.95. The van der Waals surface area contributed by atoms with Crippen molar-refractivity contribution in [1.82, 2.24) is 10.3 Å². The molecule has 1 aromatic carbocycles. The molecule has 1 amide bonds. The number of hydrogen-bond acceptors (Lipinski definition) is 2. The van der Waals surface area contributed by atoms with Crippen molar-refractivity contribution >= 4 is 22.8 Å². The molecule has 5 heteroatoms. The Hall–Kier alpha value is -2.30. The topological polar surface area (TPSA) is 82.2 Å². The first-order valence-corrected chi connectivity index (χ1v) is 8.07. The summed E-state index contributed by atoms with van der Waals surface area (Å²) in [6, 6.07) is 5.18. The van der Waals surface area contributed by atoms with E-state index in [1.807, 2.05) is 32.2 Å². The summed E-state index contributed by atoms with van der Waals surface area (Å²) in [5, 5.41) is 12.9. The van der Waals surface area contributed by atoms with Crippen LogP contribution in [0.1, 0.15) is 38.3 Å². The fourth-order valence-electron chi connectivity index (χ4n) is 2.80. The lowest BCUT2D eigenvalue weighted by molar-refractivity contribution is -0.143. The van der Waals surface area contributed by atoms with Crippen LogP contribution in [0.15, 0.2) is 24.4 Å². The fourth-order valence-corrected chi connectivity index (χ4v) is 2.80. The van der Waals surface area contributed by atoms with Crippen molar-refractivity contribution in [3.05, 3.63) is 35.5 Å². The van der Waals surface area contributed by atoms with E-state index in [2.05, 4.69) is 23.3 Å². The maximum absolute atomic E-state index is 12.3. The van der Waals surface area contributed by atoms with Gasteiger partial charge in [0.1, 0.15) is 6.04 Å². The molecule has 0 radical (unpaired) electrons. The normalized spacial score (nSPS) is 13.7. The molecule has 1 heterocycles. The number of rotatable bonds is 7. The molecule has 0 aliphatic heterocycles. The molecule has 0 saturated carbocycles. The maximum atomic E-state index is 12.3. The first-order valence-electron chi connectivity index (χ1n) is 8.07. The van der Waals surface area contributed by atoms with Gasteiger partial charge in [0.15, 0.2) is 0 Å². The van der Waals surface area contributed by atoms with Crippen molar-refractivity contribution in [2.75, 3.05) is 0 Å². The Bertz CT molecular complexity index is 705. The molecule has 0 bridgehead atoms. The largest absolute Gasteiger partial charge is 0.480 e. The number of carbonyl (C=O) groups excluding carboxylic acids is 1. The predicted molar refractivity (Wildman–Crippen MR) is 90.4 cm³/mol. The SMILES string of the molecule is CCc1cccc2c(CC(=O)N[C@H](C(=O)O)[C@@H](C)CC)c[nH]c12. The number of carboxylic acids is 1. The number of H-pyrrole nitrogens is 1. The van der Waals surface area contributed by atoms with Crippen LogP contribution in [0.4, 0.5) is 0 Å². The Morgan fingerprint density at radius 1 is 1.26 bits per heavy atom. The van der Waals surface area contributed by atoms with Gasteiger partial charge in [-0.25, -0.2) is 4.79 Å². The summed E-state index contributed by atoms with van der Waals surface area (Å²) in [4.78, 5) is 26.8. The van der Waals surface area contributed by atoms with E-state index in [4.69, 9.17) is 0 Å². The number of fused-ring (bicyclic) bond motifs is 1. The van der Waals surface area contributed by atoms with Crippen LogP contribution < -0.4 is 5.32 Å². The van der Waals surface area contributed by atoms with Gasteiger partial charge < -0.3 is 15.4 Å². The summed E-state index contributed by atoms with van der Waals surface area (Å²) in [5.41, 5.74) is 3.15. The number of aromatic amines is 1. The molecule has 1 aromatic heterocycles. The number of aliphatic carboxylic acids is 1. The smallest absolute Gasteiger partial charge is 0.326 e. The quantitative estimate of drug-likeness (QED) is 0.734. The number of aryl methyl sites for hydroxylation is 1. The standard InChI is InChI=1S/C18H24N2O3/c1-4-11(3)16(18(22)23)20-15(21)9-13-10-19-17-12(5-2)7-6-8-14(13)17/h6-8,10-11,16,19H,4-5,9H2,1-3H3,(H,20,21)(H,22,23)/t11-,16-/m0/s1. The highest BCUT2D eigenvalue weighted by molar-refractivity contribution is 5.91. The van der Waals surface area contributed by atoms with Crippen LogP contribution in [0.3, 0.4) is 0 Å². The molecule has 0 spiro atoms. The molecule has 2 atom stereocenters. The van der Waals surface area contributed by atoms with Gasteiger partial charge in [-0.15, -0.1) is 0 Å². The molecule has 0 fully saturated rings. The van der Waals surface area contributed by atoms with E-state index < -0.39 is 12.0 Å². The molecule has 0 saturated heterocycles. The zero-order valence-electron chi connectivity index (χ0n) is 13.8. The average molecular weight is 316 g/mol. The van der Waals surface area contributed by atoms with E-state index in [0.29, 0.717) is 6.42 Å². The Kier molecular flexibility index (Phi) is 5.42. The first-order chi connectivity index (χ1) is 11.0. The Morgan fingerprint density at radius 3 is 2.61 bits per heavy atom. The summed E-state index contributed by atoms with van der Waals surface area (Å²) >= 11 is 0. The van der Waals surface area contributed by atoms with E-state index in [-0.39, 0.29) is 18.2 Å². The van der Waals surface area contributed by atoms with Crippen LogP contribution in [-0.2, 0) is 22.4 Å². The van der Waals surface area contributed by atoms with E-state index in [0.717, 1.165) is 22.9 Å². The van der Waals surface area contributed by atoms with Crippen LogP contribution in [0, 0.1) is 5.92 Å². The third-order valence-electron chi connectivity index (χ3n) is 4.41. The van der Waals surface area contributed by atoms with Crippen LogP contribution in [-0.4, -0.2) is 28.0 Å². The van der Waals surface area contributed by atoms with Crippen LogP contribution in [0.2, 0.25) is 0 Å². The molecule has 0 aliphatic carbocycles. The number of aromatic nitrogens is 1. The van der Waals surface area contributed by atoms with Crippen LogP contribution in [0.5, 0.6) is 0 Å². The van der Waals surface area contributed by atoms with Crippen molar-refractivity contribution in [2.24, 2.45) is 5.92 Å². The molecule has 124 valence electrons. The third kappa shape index (κ3) is 3.73. The van der Waals surface area contributed by atoms with Gasteiger partial charge in [-0.1, -0.05) is 45.4 Å². The van der Waals surface area contributed by atoms with Crippen LogP contribution in [0.25, 0.3) is 10.9 Å². The first kappa shape index (κ1) is 17.1. The number of nitrogens with one attached hydrogen (secondary N) is 2. The number of para-hydroxylation sites is 1. The fraction of sp³-hybridized carbons (Fsp3) is 0.444. The Balaban J connectivity index is 2.16. The molecule has 0 unspecified atom stereocenters. The molecule has 5 nitrogen and oxygen atoms in total. The van der Waals surface area contributed by atoms with Crippen molar-refractivity contribution in [3.8, 4) is 0 Å². The van der Waals surface area contributed by atoms with Gasteiger partial charge in [-0.2, -0.15) is 0 Å². The van der Waals surface area contributed by atoms with Gasteiger partial charge >= 0.3 is 5.97 Å². The summed E-state index contributed by atoms with van der Waals surface area (Å²) < 4.78 is 0. The zero-order chi connectivity index (χ0) is 17.0. The van der Waals surface area contributed by atoms with Gasteiger partial charge in [0, 0.05) is 17.1 Å². The minimum absolute atomic E-state index is 0.105. The summed E-state index contributed by atoms with van der Waals surface area (Å²) in [6.07, 6.45) is 3.62. The van der Waals surface area contributed by atoms with Gasteiger partial charge in [0.2, 0.25) is 5.91 Å². The highest BCUT2D eigenvalue weighted by Crippen LogP contribution is 2.22. The van der Waals surface area contributed by atoms with Crippen molar-refractivity contribution in [2.45, 2.75) is 46.1 Å². The summed E-state index contributed by atoms with van der Waals surface area (Å²) in [7, 11) is 0. The third-order valence-corrected chi connectivity index (χ3v) is 4.41. The number of hydrogen-bond donors (Lipinski definition) is 3. The van der Waals surface area contributed by atoms with Gasteiger partial charge in [0.25, 0.3) is 0 Å². The lowest BCUT2D eigenvalue weighted by Crippen LogP contribution is -2.45. The number of benzene rings is 1. The summed E-state index contributed by atoms with van der Waals surface area (Å²) in [6.45, 7) is 5.84. The predicted octanol–water partition coefficient (Wildman–Crippen LogP) is 2.89. The van der Waals surface area contributed by atoms with Crippen LogP contribution >= 0.6 is 0 Å². The minimum Gasteiger partial charge on any atom is -0.480 e. The molecule has 2 aromatic rings. The molecular weight excluding hydrogens is 292 g/mol. The zero-order valence-corrected chi connectivity index (χ0v) is 13.8. The van der Waals surface area contributed by atoms with E-state index >= 15 is 0 Å². The second-order valence-corrected chi connectivity index (χ2v) is 5.95. The lowest BCUT2D eigenvalue weighted by Gasteiger charge is -2.20.